The summed E-state index contributed by atoms with van der Waals surface area (Å²) >= 11 is 9.30. The van der Waals surface area contributed by atoms with Crippen LogP contribution in [0.1, 0.15) is 17.7 Å². The predicted molar refractivity (Wildman–Crippen MR) is 64.3 cm³/mol. The molecular formula is C9H13ClN2S2. The first-order valence-electron chi connectivity index (χ1n) is 4.76. The number of rotatable bonds is 4. The van der Waals surface area contributed by atoms with Crippen molar-refractivity contribution in [3.8, 4) is 0 Å². The minimum Gasteiger partial charge on any atom is -0.313 e. The van der Waals surface area contributed by atoms with Crippen LogP contribution in [0.4, 0.5) is 0 Å². The largest absolute Gasteiger partial charge is 0.313 e. The van der Waals surface area contributed by atoms with E-state index in [4.69, 9.17) is 11.6 Å². The van der Waals surface area contributed by atoms with Crippen molar-refractivity contribution < 1.29 is 0 Å². The minimum absolute atomic E-state index is 0.652. The quantitative estimate of drug-likeness (QED) is 0.887. The summed E-state index contributed by atoms with van der Waals surface area (Å²) in [6, 6.07) is 0.725. The van der Waals surface area contributed by atoms with Gasteiger partial charge in [-0.15, -0.1) is 11.3 Å². The Kier molecular flexibility index (Phi) is 4.10. The summed E-state index contributed by atoms with van der Waals surface area (Å²) in [4.78, 5) is 5.30. The summed E-state index contributed by atoms with van der Waals surface area (Å²) < 4.78 is 0.652. The van der Waals surface area contributed by atoms with Gasteiger partial charge < -0.3 is 5.32 Å². The molecule has 0 saturated carbocycles. The van der Waals surface area contributed by atoms with Gasteiger partial charge in [-0.25, -0.2) is 4.98 Å². The third-order valence-electron chi connectivity index (χ3n) is 2.25. The van der Waals surface area contributed by atoms with Crippen LogP contribution < -0.4 is 5.32 Å². The lowest BCUT2D eigenvalue weighted by atomic mass is 10.3. The van der Waals surface area contributed by atoms with Crippen LogP contribution in [-0.4, -0.2) is 23.3 Å². The van der Waals surface area contributed by atoms with Crippen LogP contribution in [0.5, 0.6) is 0 Å². The van der Waals surface area contributed by atoms with Crippen molar-refractivity contribution in [3.63, 3.8) is 0 Å². The second kappa shape index (κ2) is 5.35. The molecule has 1 N–H and O–H groups in total. The molecular weight excluding hydrogens is 236 g/mol. The maximum absolute atomic E-state index is 5.75. The number of nitrogens with one attached hydrogen (secondary N) is 1. The van der Waals surface area contributed by atoms with Gasteiger partial charge in [0.15, 0.2) is 4.47 Å². The molecule has 0 radical (unpaired) electrons. The summed E-state index contributed by atoms with van der Waals surface area (Å²) in [7, 11) is 0. The van der Waals surface area contributed by atoms with Crippen LogP contribution in [-0.2, 0) is 5.75 Å². The monoisotopic (exact) mass is 248 g/mol. The van der Waals surface area contributed by atoms with E-state index in [0.29, 0.717) is 4.47 Å². The Morgan fingerprint density at radius 3 is 3.29 bits per heavy atom. The third kappa shape index (κ3) is 3.12. The molecule has 5 heteroatoms. The normalized spacial score (nSPS) is 21.6. The fraction of sp³-hybridized carbons (Fsp3) is 0.667. The average molecular weight is 249 g/mol. The van der Waals surface area contributed by atoms with Crippen LogP contribution in [0.2, 0.25) is 4.47 Å². The molecule has 0 aromatic carbocycles. The van der Waals surface area contributed by atoms with Crippen LogP contribution in [0.25, 0.3) is 0 Å². The summed E-state index contributed by atoms with van der Waals surface area (Å²) in [5, 5.41) is 3.49. The molecule has 78 valence electrons. The standard InChI is InChI=1S/C9H13ClN2S2/c10-9-12-4-8(14-9)6-13-5-7-2-1-3-11-7/h4,7,11H,1-3,5-6H2/t7-/m0/s1. The minimum atomic E-state index is 0.652. The van der Waals surface area contributed by atoms with E-state index < -0.39 is 0 Å². The van der Waals surface area contributed by atoms with Gasteiger partial charge in [-0.3, -0.25) is 0 Å². The van der Waals surface area contributed by atoms with Gasteiger partial charge in [-0.2, -0.15) is 11.8 Å². The van der Waals surface area contributed by atoms with Crippen LogP contribution in [0.15, 0.2) is 6.20 Å². The molecule has 1 fully saturated rings. The van der Waals surface area contributed by atoms with Crippen molar-refractivity contribution in [1.29, 1.82) is 0 Å². The van der Waals surface area contributed by atoms with E-state index in [1.807, 2.05) is 18.0 Å². The van der Waals surface area contributed by atoms with Gasteiger partial charge in [0, 0.05) is 28.6 Å². The molecule has 1 saturated heterocycles. The topological polar surface area (TPSA) is 24.9 Å². The summed E-state index contributed by atoms with van der Waals surface area (Å²) in [5.74, 6) is 2.25. The number of nitrogens with zero attached hydrogens (tertiary/aromatic N) is 1. The molecule has 1 aliphatic heterocycles. The Morgan fingerprint density at radius 1 is 1.71 bits per heavy atom. The highest BCUT2D eigenvalue weighted by molar-refractivity contribution is 7.98. The SMILES string of the molecule is Clc1ncc(CSC[C@@H]2CCCN2)s1. The lowest BCUT2D eigenvalue weighted by Crippen LogP contribution is -2.23. The number of halogens is 1. The predicted octanol–water partition coefficient (Wildman–Crippen LogP) is 2.78. The van der Waals surface area contributed by atoms with Crippen molar-refractivity contribution in [3.05, 3.63) is 15.5 Å². The van der Waals surface area contributed by atoms with Gasteiger partial charge in [0.05, 0.1) is 0 Å². The molecule has 14 heavy (non-hydrogen) atoms. The molecule has 2 nitrogen and oxygen atoms in total. The number of hydrogen-bond donors (Lipinski definition) is 1. The zero-order chi connectivity index (χ0) is 9.80. The van der Waals surface area contributed by atoms with Crippen molar-refractivity contribution >= 4 is 34.7 Å². The fourth-order valence-electron chi connectivity index (χ4n) is 1.55. The molecule has 2 heterocycles. The molecule has 1 aromatic heterocycles. The molecule has 0 amide bonds. The van der Waals surface area contributed by atoms with E-state index in [1.165, 1.54) is 30.0 Å². The first-order valence-corrected chi connectivity index (χ1v) is 7.11. The van der Waals surface area contributed by atoms with Crippen molar-refractivity contribution in [1.82, 2.24) is 10.3 Å². The summed E-state index contributed by atoms with van der Waals surface area (Å²) in [6.45, 7) is 1.19. The van der Waals surface area contributed by atoms with E-state index in [-0.39, 0.29) is 0 Å². The first-order chi connectivity index (χ1) is 6.84. The fourth-order valence-corrected chi connectivity index (χ4v) is 3.77. The molecule has 0 aliphatic carbocycles. The zero-order valence-corrected chi connectivity index (χ0v) is 10.2. The Balaban J connectivity index is 1.67. The van der Waals surface area contributed by atoms with Crippen molar-refractivity contribution in [2.75, 3.05) is 12.3 Å². The smallest absolute Gasteiger partial charge is 0.183 e. The van der Waals surface area contributed by atoms with E-state index in [9.17, 15) is 0 Å². The first kappa shape index (κ1) is 10.7. The van der Waals surface area contributed by atoms with E-state index in [1.54, 1.807) is 11.3 Å². The average Bonchev–Trinajstić information content (AvgIpc) is 2.77. The van der Waals surface area contributed by atoms with Gasteiger partial charge in [-0.1, -0.05) is 11.6 Å². The molecule has 1 atom stereocenters. The second-order valence-corrected chi connectivity index (χ2v) is 6.12. The third-order valence-corrected chi connectivity index (χ3v) is 4.70. The molecule has 0 unspecified atom stereocenters. The zero-order valence-electron chi connectivity index (χ0n) is 7.83. The van der Waals surface area contributed by atoms with Crippen molar-refractivity contribution in [2.45, 2.75) is 24.6 Å². The van der Waals surface area contributed by atoms with Crippen molar-refractivity contribution in [2.24, 2.45) is 0 Å². The summed E-state index contributed by atoms with van der Waals surface area (Å²) in [6.07, 6.45) is 4.54. The Morgan fingerprint density at radius 2 is 2.64 bits per heavy atom. The van der Waals surface area contributed by atoms with Gasteiger partial charge in [0.25, 0.3) is 0 Å². The highest BCUT2D eigenvalue weighted by Gasteiger charge is 2.13. The lowest BCUT2D eigenvalue weighted by Gasteiger charge is -2.07. The number of thiazole rings is 1. The Labute approximate surface area is 97.5 Å². The number of hydrogen-bond acceptors (Lipinski definition) is 4. The van der Waals surface area contributed by atoms with Crippen LogP contribution >= 0.6 is 34.7 Å². The molecule has 1 aliphatic rings. The molecule has 0 spiro atoms. The van der Waals surface area contributed by atoms with Crippen LogP contribution in [0, 0.1) is 0 Å². The van der Waals surface area contributed by atoms with E-state index in [2.05, 4.69) is 10.3 Å². The number of aromatic nitrogens is 1. The molecule has 0 bridgehead atoms. The van der Waals surface area contributed by atoms with Gasteiger partial charge in [0.2, 0.25) is 0 Å². The number of thioether (sulfide) groups is 1. The van der Waals surface area contributed by atoms with Crippen LogP contribution in [0.3, 0.4) is 0 Å². The maximum atomic E-state index is 5.75. The Bertz CT molecular complexity index is 284. The van der Waals surface area contributed by atoms with E-state index in [0.717, 1.165) is 11.8 Å². The van der Waals surface area contributed by atoms with Gasteiger partial charge >= 0.3 is 0 Å². The second-order valence-electron chi connectivity index (χ2n) is 3.39. The Hall–Kier alpha value is 0.230. The lowest BCUT2D eigenvalue weighted by molar-refractivity contribution is 0.674. The summed E-state index contributed by atoms with van der Waals surface area (Å²) in [5.41, 5.74) is 0. The molecule has 1 aromatic rings. The highest BCUT2D eigenvalue weighted by atomic mass is 35.5. The van der Waals surface area contributed by atoms with Gasteiger partial charge in [-0.05, 0) is 19.4 Å². The maximum Gasteiger partial charge on any atom is 0.183 e. The molecule has 2 rings (SSSR count). The highest BCUT2D eigenvalue weighted by Crippen LogP contribution is 2.23. The van der Waals surface area contributed by atoms with Gasteiger partial charge in [0.1, 0.15) is 0 Å². The van der Waals surface area contributed by atoms with E-state index >= 15 is 0 Å².